The topological polar surface area (TPSA) is 57.6 Å². The summed E-state index contributed by atoms with van der Waals surface area (Å²) >= 11 is 5.89. The van der Waals surface area contributed by atoms with Crippen LogP contribution in [0.2, 0.25) is 5.02 Å². The third-order valence-corrected chi connectivity index (χ3v) is 6.16. The van der Waals surface area contributed by atoms with Crippen molar-refractivity contribution in [2.45, 2.75) is 29.0 Å². The van der Waals surface area contributed by atoms with Gasteiger partial charge in [0, 0.05) is 6.04 Å². The number of rotatable bonds is 3. The minimum Gasteiger partial charge on any atom is -0.507 e. The van der Waals surface area contributed by atoms with E-state index in [-0.39, 0.29) is 21.7 Å². The van der Waals surface area contributed by atoms with E-state index in [1.165, 1.54) is 18.2 Å². The van der Waals surface area contributed by atoms with Crippen molar-refractivity contribution in [2.24, 2.45) is 0 Å². The van der Waals surface area contributed by atoms with Gasteiger partial charge in [-0.2, -0.15) is 0 Å². The van der Waals surface area contributed by atoms with Gasteiger partial charge in [-0.05, 0) is 39.1 Å². The standard InChI is InChI=1S/C12H16ClNO3S/c1-14(2)8-6-9(7-8)18(16,17)12-10(13)4-3-5-11(12)15/h3-5,8-9,15H,6-7H2,1-2H3. The molecular weight excluding hydrogens is 274 g/mol. The molecule has 1 fully saturated rings. The first-order valence-corrected chi connectivity index (χ1v) is 7.64. The van der Waals surface area contributed by atoms with Crippen molar-refractivity contribution >= 4 is 21.4 Å². The zero-order valence-electron chi connectivity index (χ0n) is 10.3. The number of hydrogen-bond acceptors (Lipinski definition) is 4. The summed E-state index contributed by atoms with van der Waals surface area (Å²) in [5.41, 5.74) is 0. The molecule has 1 aromatic carbocycles. The fourth-order valence-corrected chi connectivity index (χ4v) is 4.63. The van der Waals surface area contributed by atoms with Crippen molar-refractivity contribution in [1.82, 2.24) is 4.90 Å². The Morgan fingerprint density at radius 1 is 1.33 bits per heavy atom. The van der Waals surface area contributed by atoms with Gasteiger partial charge in [0.15, 0.2) is 9.84 Å². The molecule has 0 amide bonds. The van der Waals surface area contributed by atoms with Crippen LogP contribution in [0.3, 0.4) is 0 Å². The fraction of sp³-hybridized carbons (Fsp3) is 0.500. The summed E-state index contributed by atoms with van der Waals surface area (Å²) in [5.74, 6) is -0.268. The number of halogens is 1. The second-order valence-electron chi connectivity index (χ2n) is 4.84. The summed E-state index contributed by atoms with van der Waals surface area (Å²) in [7, 11) is 0.323. The Kier molecular flexibility index (Phi) is 3.58. The minimum absolute atomic E-state index is 0.0864. The van der Waals surface area contributed by atoms with Crippen LogP contribution >= 0.6 is 11.6 Å². The van der Waals surface area contributed by atoms with E-state index in [1.807, 2.05) is 19.0 Å². The average Bonchev–Trinajstić information content (AvgIpc) is 2.12. The van der Waals surface area contributed by atoms with E-state index in [1.54, 1.807) is 0 Å². The number of aromatic hydroxyl groups is 1. The highest BCUT2D eigenvalue weighted by Gasteiger charge is 2.42. The number of benzene rings is 1. The lowest BCUT2D eigenvalue weighted by molar-refractivity contribution is 0.196. The second kappa shape index (κ2) is 4.72. The molecule has 6 heteroatoms. The van der Waals surface area contributed by atoms with Gasteiger partial charge in [-0.1, -0.05) is 17.7 Å². The quantitative estimate of drug-likeness (QED) is 0.923. The molecule has 1 aliphatic carbocycles. The third kappa shape index (κ3) is 2.22. The normalized spacial score (nSPS) is 24.0. The van der Waals surface area contributed by atoms with Gasteiger partial charge in [0.2, 0.25) is 0 Å². The molecule has 0 aromatic heterocycles. The second-order valence-corrected chi connectivity index (χ2v) is 7.42. The van der Waals surface area contributed by atoms with Crippen molar-refractivity contribution in [3.05, 3.63) is 23.2 Å². The van der Waals surface area contributed by atoms with E-state index < -0.39 is 15.1 Å². The van der Waals surface area contributed by atoms with Crippen molar-refractivity contribution in [1.29, 1.82) is 0 Å². The first-order valence-electron chi connectivity index (χ1n) is 5.72. The number of phenolic OH excluding ortho intramolecular Hbond substituents is 1. The largest absolute Gasteiger partial charge is 0.507 e. The van der Waals surface area contributed by atoms with E-state index in [4.69, 9.17) is 11.6 Å². The van der Waals surface area contributed by atoms with Crippen molar-refractivity contribution in [3.8, 4) is 5.75 Å². The number of nitrogens with zero attached hydrogens (tertiary/aromatic N) is 1. The molecular formula is C12H16ClNO3S. The predicted molar refractivity (Wildman–Crippen MR) is 70.8 cm³/mol. The van der Waals surface area contributed by atoms with Crippen LogP contribution < -0.4 is 0 Å². The van der Waals surface area contributed by atoms with Crippen LogP contribution in [0, 0.1) is 0 Å². The van der Waals surface area contributed by atoms with E-state index >= 15 is 0 Å². The lowest BCUT2D eigenvalue weighted by Crippen LogP contribution is -2.47. The Bertz CT molecular complexity index is 530. The van der Waals surface area contributed by atoms with Gasteiger partial charge in [0.25, 0.3) is 0 Å². The Morgan fingerprint density at radius 2 is 1.94 bits per heavy atom. The monoisotopic (exact) mass is 289 g/mol. The summed E-state index contributed by atoms with van der Waals surface area (Å²) in [6, 6.07) is 4.64. The predicted octanol–water partition coefficient (Wildman–Crippen LogP) is 1.91. The lowest BCUT2D eigenvalue weighted by Gasteiger charge is -2.39. The van der Waals surface area contributed by atoms with Crippen LogP contribution in [-0.4, -0.2) is 43.8 Å². The molecule has 1 saturated carbocycles. The molecule has 0 radical (unpaired) electrons. The molecule has 0 unspecified atom stereocenters. The van der Waals surface area contributed by atoms with Gasteiger partial charge >= 0.3 is 0 Å². The summed E-state index contributed by atoms with van der Waals surface area (Å²) in [6.07, 6.45) is 1.17. The number of hydrogen-bond donors (Lipinski definition) is 1. The fourth-order valence-electron chi connectivity index (χ4n) is 2.16. The van der Waals surface area contributed by atoms with Crippen LogP contribution in [0.1, 0.15) is 12.8 Å². The van der Waals surface area contributed by atoms with Crippen LogP contribution in [-0.2, 0) is 9.84 Å². The zero-order valence-corrected chi connectivity index (χ0v) is 11.9. The van der Waals surface area contributed by atoms with Crippen LogP contribution in [0.4, 0.5) is 0 Å². The van der Waals surface area contributed by atoms with Gasteiger partial charge in [-0.25, -0.2) is 8.42 Å². The van der Waals surface area contributed by atoms with Crippen molar-refractivity contribution in [3.63, 3.8) is 0 Å². The van der Waals surface area contributed by atoms with Gasteiger partial charge in [0.1, 0.15) is 10.6 Å². The van der Waals surface area contributed by atoms with Crippen LogP contribution in [0.5, 0.6) is 5.75 Å². The van der Waals surface area contributed by atoms with Gasteiger partial charge in [-0.3, -0.25) is 0 Å². The molecule has 1 aliphatic rings. The molecule has 0 aliphatic heterocycles. The minimum atomic E-state index is -3.54. The summed E-state index contributed by atoms with van der Waals surface area (Å²) in [4.78, 5) is 1.88. The van der Waals surface area contributed by atoms with Crippen LogP contribution in [0.15, 0.2) is 23.1 Å². The lowest BCUT2D eigenvalue weighted by atomic mass is 9.91. The molecule has 0 atom stereocenters. The molecule has 2 rings (SSSR count). The molecule has 100 valence electrons. The highest BCUT2D eigenvalue weighted by Crippen LogP contribution is 2.39. The molecule has 0 spiro atoms. The SMILES string of the molecule is CN(C)C1CC(S(=O)(=O)c2c(O)cccc2Cl)C1. The third-order valence-electron chi connectivity index (χ3n) is 3.47. The maximum absolute atomic E-state index is 12.4. The highest BCUT2D eigenvalue weighted by atomic mass is 35.5. The first kappa shape index (κ1) is 13.6. The van der Waals surface area contributed by atoms with E-state index in [0.717, 1.165) is 0 Å². The highest BCUT2D eigenvalue weighted by molar-refractivity contribution is 7.92. The molecule has 4 nitrogen and oxygen atoms in total. The average molecular weight is 290 g/mol. The molecule has 1 aromatic rings. The Hall–Kier alpha value is -0.780. The molecule has 0 saturated heterocycles. The number of sulfone groups is 1. The Balaban J connectivity index is 2.29. The summed E-state index contributed by atoms with van der Waals surface area (Å²) in [5, 5.41) is 9.33. The molecule has 0 heterocycles. The van der Waals surface area contributed by atoms with Crippen LogP contribution in [0.25, 0.3) is 0 Å². The van der Waals surface area contributed by atoms with Crippen molar-refractivity contribution in [2.75, 3.05) is 14.1 Å². The summed E-state index contributed by atoms with van der Waals surface area (Å²) < 4.78 is 24.7. The number of phenols is 1. The van der Waals surface area contributed by atoms with E-state index in [2.05, 4.69) is 0 Å². The van der Waals surface area contributed by atoms with Gasteiger partial charge in [-0.15, -0.1) is 0 Å². The maximum atomic E-state index is 12.4. The Morgan fingerprint density at radius 3 is 2.44 bits per heavy atom. The molecule has 18 heavy (non-hydrogen) atoms. The maximum Gasteiger partial charge on any atom is 0.186 e. The Labute approximate surface area is 112 Å². The smallest absolute Gasteiger partial charge is 0.186 e. The van der Waals surface area contributed by atoms with Gasteiger partial charge < -0.3 is 10.0 Å². The van der Waals surface area contributed by atoms with E-state index in [9.17, 15) is 13.5 Å². The van der Waals surface area contributed by atoms with Gasteiger partial charge in [0.05, 0.1) is 10.3 Å². The zero-order chi connectivity index (χ0) is 13.5. The molecule has 0 bridgehead atoms. The summed E-state index contributed by atoms with van der Waals surface area (Å²) in [6.45, 7) is 0. The van der Waals surface area contributed by atoms with E-state index in [0.29, 0.717) is 12.8 Å². The first-order chi connectivity index (χ1) is 8.34. The van der Waals surface area contributed by atoms with Crippen molar-refractivity contribution < 1.29 is 13.5 Å². The molecule has 1 N–H and O–H groups in total.